The molecule has 1 aromatic carbocycles. The van der Waals surface area contributed by atoms with E-state index < -0.39 is 0 Å². The van der Waals surface area contributed by atoms with E-state index in [1.54, 1.807) is 0 Å². The molecule has 0 aliphatic carbocycles. The molecule has 4 nitrogen and oxygen atoms in total. The van der Waals surface area contributed by atoms with E-state index in [1.165, 1.54) is 5.56 Å². The summed E-state index contributed by atoms with van der Waals surface area (Å²) < 4.78 is 16.8. The third kappa shape index (κ3) is 6.46. The van der Waals surface area contributed by atoms with Crippen molar-refractivity contribution in [3.63, 3.8) is 0 Å². The molecule has 0 amide bonds. The highest BCUT2D eigenvalue weighted by Gasteiger charge is 2.09. The van der Waals surface area contributed by atoms with Gasteiger partial charge in [0.25, 0.3) is 0 Å². The molecule has 21 heavy (non-hydrogen) atoms. The molecule has 0 fully saturated rings. The molecule has 0 heterocycles. The molecule has 1 unspecified atom stereocenters. The van der Waals surface area contributed by atoms with Crippen molar-refractivity contribution in [2.75, 3.05) is 33.5 Å². The molecule has 1 rings (SSSR count). The third-order valence-electron chi connectivity index (χ3n) is 3.30. The van der Waals surface area contributed by atoms with Gasteiger partial charge < -0.3 is 19.5 Å². The number of nitrogens with one attached hydrogen (secondary N) is 1. The van der Waals surface area contributed by atoms with Crippen LogP contribution in [0.2, 0.25) is 0 Å². The molecule has 0 saturated carbocycles. The fraction of sp³-hybridized carbons (Fsp3) is 0.647. The molecule has 0 spiro atoms. The largest absolute Gasteiger partial charge is 0.494 e. The SMILES string of the molecule is CCCOCCOCc1cc(C(C)NC)ccc1OCC. The maximum atomic E-state index is 5.70. The zero-order valence-electron chi connectivity index (χ0n) is 13.8. The molecular formula is C17H29NO3. The lowest BCUT2D eigenvalue weighted by molar-refractivity contribution is 0.0400. The summed E-state index contributed by atoms with van der Waals surface area (Å²) in [7, 11) is 1.96. The second-order valence-corrected chi connectivity index (χ2v) is 4.98. The number of hydrogen-bond donors (Lipinski definition) is 1. The van der Waals surface area contributed by atoms with Crippen molar-refractivity contribution < 1.29 is 14.2 Å². The Kier molecular flexibility index (Phi) is 9.06. The number of ether oxygens (including phenoxy) is 3. The summed E-state index contributed by atoms with van der Waals surface area (Å²) >= 11 is 0. The summed E-state index contributed by atoms with van der Waals surface area (Å²) in [6.45, 7) is 9.49. The zero-order chi connectivity index (χ0) is 15.5. The van der Waals surface area contributed by atoms with E-state index in [0.29, 0.717) is 32.5 Å². The quantitative estimate of drug-likeness (QED) is 0.636. The van der Waals surface area contributed by atoms with Crippen LogP contribution in [0.5, 0.6) is 5.75 Å². The Bertz CT molecular complexity index is 396. The molecule has 1 N–H and O–H groups in total. The van der Waals surface area contributed by atoms with Gasteiger partial charge in [0.15, 0.2) is 0 Å². The molecular weight excluding hydrogens is 266 g/mol. The second-order valence-electron chi connectivity index (χ2n) is 4.98. The Balaban J connectivity index is 2.59. The minimum absolute atomic E-state index is 0.312. The van der Waals surface area contributed by atoms with E-state index in [9.17, 15) is 0 Å². The standard InChI is InChI=1S/C17H29NO3/c1-5-9-19-10-11-20-13-16-12-15(14(3)18-4)7-8-17(16)21-6-2/h7-8,12,14,18H,5-6,9-11,13H2,1-4H3. The smallest absolute Gasteiger partial charge is 0.124 e. The van der Waals surface area contributed by atoms with Gasteiger partial charge in [0.1, 0.15) is 5.75 Å². The highest BCUT2D eigenvalue weighted by Crippen LogP contribution is 2.24. The minimum Gasteiger partial charge on any atom is -0.494 e. The van der Waals surface area contributed by atoms with Gasteiger partial charge in [-0.1, -0.05) is 13.0 Å². The maximum Gasteiger partial charge on any atom is 0.124 e. The van der Waals surface area contributed by atoms with Crippen LogP contribution in [0.1, 0.15) is 44.4 Å². The lowest BCUT2D eigenvalue weighted by Crippen LogP contribution is -2.13. The van der Waals surface area contributed by atoms with Gasteiger partial charge in [-0.25, -0.2) is 0 Å². The van der Waals surface area contributed by atoms with Gasteiger partial charge >= 0.3 is 0 Å². The predicted octanol–water partition coefficient (Wildman–Crippen LogP) is 3.31. The van der Waals surface area contributed by atoms with E-state index in [4.69, 9.17) is 14.2 Å². The second kappa shape index (κ2) is 10.6. The Hall–Kier alpha value is -1.10. The highest BCUT2D eigenvalue weighted by atomic mass is 16.5. The average Bonchev–Trinajstić information content (AvgIpc) is 2.51. The number of benzene rings is 1. The maximum absolute atomic E-state index is 5.70. The third-order valence-corrected chi connectivity index (χ3v) is 3.30. The first-order valence-corrected chi connectivity index (χ1v) is 7.81. The van der Waals surface area contributed by atoms with Crippen molar-refractivity contribution in [3.05, 3.63) is 29.3 Å². The van der Waals surface area contributed by atoms with Crippen LogP contribution in [0.25, 0.3) is 0 Å². The van der Waals surface area contributed by atoms with Crippen LogP contribution in [0.15, 0.2) is 18.2 Å². The van der Waals surface area contributed by atoms with E-state index in [2.05, 4.69) is 31.3 Å². The van der Waals surface area contributed by atoms with Crippen molar-refractivity contribution in [1.29, 1.82) is 0 Å². The highest BCUT2D eigenvalue weighted by molar-refractivity contribution is 5.38. The van der Waals surface area contributed by atoms with Gasteiger partial charge in [-0.15, -0.1) is 0 Å². The van der Waals surface area contributed by atoms with Crippen molar-refractivity contribution in [2.45, 2.75) is 39.8 Å². The van der Waals surface area contributed by atoms with E-state index in [1.807, 2.05) is 20.0 Å². The topological polar surface area (TPSA) is 39.7 Å². The van der Waals surface area contributed by atoms with Crippen molar-refractivity contribution in [1.82, 2.24) is 5.32 Å². The van der Waals surface area contributed by atoms with E-state index in [-0.39, 0.29) is 0 Å². The average molecular weight is 295 g/mol. The van der Waals surface area contributed by atoms with Gasteiger partial charge in [-0.3, -0.25) is 0 Å². The molecule has 0 aliphatic rings. The molecule has 0 aromatic heterocycles. The van der Waals surface area contributed by atoms with Crippen LogP contribution in [-0.2, 0) is 16.1 Å². The lowest BCUT2D eigenvalue weighted by atomic mass is 10.0. The molecule has 1 aromatic rings. The number of rotatable bonds is 11. The first-order valence-electron chi connectivity index (χ1n) is 7.81. The summed E-state index contributed by atoms with van der Waals surface area (Å²) in [5.41, 5.74) is 2.33. The van der Waals surface area contributed by atoms with Crippen LogP contribution >= 0.6 is 0 Å². The van der Waals surface area contributed by atoms with Gasteiger partial charge in [-0.05, 0) is 45.0 Å². The van der Waals surface area contributed by atoms with Gasteiger partial charge in [0.05, 0.1) is 26.4 Å². The van der Waals surface area contributed by atoms with Crippen molar-refractivity contribution >= 4 is 0 Å². The van der Waals surface area contributed by atoms with Gasteiger partial charge in [0.2, 0.25) is 0 Å². The van der Waals surface area contributed by atoms with Crippen LogP contribution in [-0.4, -0.2) is 33.5 Å². The van der Waals surface area contributed by atoms with Crippen LogP contribution in [0.4, 0.5) is 0 Å². The monoisotopic (exact) mass is 295 g/mol. The first kappa shape index (κ1) is 18.0. The van der Waals surface area contributed by atoms with E-state index in [0.717, 1.165) is 24.3 Å². The molecule has 0 aliphatic heterocycles. The van der Waals surface area contributed by atoms with Crippen molar-refractivity contribution in [3.8, 4) is 5.75 Å². The summed E-state index contributed by atoms with van der Waals surface area (Å²) in [4.78, 5) is 0. The Labute approximate surface area is 128 Å². The molecule has 0 radical (unpaired) electrons. The molecule has 1 atom stereocenters. The first-order chi connectivity index (χ1) is 10.2. The number of hydrogen-bond acceptors (Lipinski definition) is 4. The summed E-state index contributed by atoms with van der Waals surface area (Å²) in [5, 5.41) is 3.25. The summed E-state index contributed by atoms with van der Waals surface area (Å²) in [6, 6.07) is 6.59. The van der Waals surface area contributed by atoms with Crippen LogP contribution in [0.3, 0.4) is 0 Å². The van der Waals surface area contributed by atoms with Crippen LogP contribution < -0.4 is 10.1 Å². The Morgan fingerprint density at radius 1 is 1.10 bits per heavy atom. The van der Waals surface area contributed by atoms with Gasteiger partial charge in [0, 0.05) is 18.2 Å². The molecule has 120 valence electrons. The summed E-state index contributed by atoms with van der Waals surface area (Å²) in [6.07, 6.45) is 1.04. The van der Waals surface area contributed by atoms with Crippen molar-refractivity contribution in [2.24, 2.45) is 0 Å². The normalized spacial score (nSPS) is 12.4. The summed E-state index contributed by atoms with van der Waals surface area (Å²) in [5.74, 6) is 0.902. The van der Waals surface area contributed by atoms with E-state index >= 15 is 0 Å². The lowest BCUT2D eigenvalue weighted by Gasteiger charge is -2.16. The van der Waals surface area contributed by atoms with Crippen LogP contribution in [0, 0.1) is 0 Å². The Morgan fingerprint density at radius 3 is 2.52 bits per heavy atom. The molecule has 4 heteroatoms. The Morgan fingerprint density at radius 2 is 1.86 bits per heavy atom. The minimum atomic E-state index is 0.312. The molecule has 0 bridgehead atoms. The van der Waals surface area contributed by atoms with Gasteiger partial charge in [-0.2, -0.15) is 0 Å². The molecule has 0 saturated heterocycles. The predicted molar refractivity (Wildman–Crippen MR) is 85.9 cm³/mol. The fourth-order valence-corrected chi connectivity index (χ4v) is 1.99. The fourth-order valence-electron chi connectivity index (χ4n) is 1.99. The zero-order valence-corrected chi connectivity index (χ0v) is 13.8.